The number of rotatable bonds is 4. The number of halogens is 5. The molecule has 11 heteroatoms. The number of carbonyl (C=O) groups excluding carboxylic acids is 2. The van der Waals surface area contributed by atoms with Gasteiger partial charge in [0, 0.05) is 24.5 Å². The quantitative estimate of drug-likeness (QED) is 0.465. The number of methoxy groups -OCH3 is 1. The molecular formula is C22H22ClF4N3O3. The van der Waals surface area contributed by atoms with Crippen molar-refractivity contribution in [1.82, 2.24) is 4.98 Å². The fraction of sp³-hybridized carbons (Fsp3) is 0.409. The average molecular weight is 488 g/mol. The molecule has 0 bridgehead atoms. The number of benzene rings is 1. The van der Waals surface area contributed by atoms with Crippen LogP contribution in [0.3, 0.4) is 0 Å². The van der Waals surface area contributed by atoms with Gasteiger partial charge in [0.25, 0.3) is 0 Å². The SMILES string of the molecule is COC(=O)[C@H]1C[C@@H](C(=O)N(C)c2ccc(F)c(Cl)c2)N(c2cc(C(F)(F)F)cc(C)n2)[C@H]1C. The van der Waals surface area contributed by atoms with Crippen molar-refractivity contribution in [1.29, 1.82) is 0 Å². The van der Waals surface area contributed by atoms with Gasteiger partial charge in [0.05, 0.1) is 23.6 Å². The van der Waals surface area contributed by atoms with Gasteiger partial charge in [0.15, 0.2) is 0 Å². The van der Waals surface area contributed by atoms with E-state index in [9.17, 15) is 27.2 Å². The van der Waals surface area contributed by atoms with E-state index in [1.54, 1.807) is 6.92 Å². The van der Waals surface area contributed by atoms with Crippen molar-refractivity contribution in [3.8, 4) is 0 Å². The minimum absolute atomic E-state index is 0.00289. The molecule has 1 aromatic heterocycles. The van der Waals surface area contributed by atoms with E-state index in [1.807, 2.05) is 0 Å². The molecule has 1 aliphatic rings. The van der Waals surface area contributed by atoms with Crippen molar-refractivity contribution in [2.45, 2.75) is 38.5 Å². The molecule has 2 aromatic rings. The molecule has 3 rings (SSSR count). The third-order valence-corrected chi connectivity index (χ3v) is 6.07. The van der Waals surface area contributed by atoms with Crippen LogP contribution in [0.15, 0.2) is 30.3 Å². The van der Waals surface area contributed by atoms with Crippen molar-refractivity contribution in [2.24, 2.45) is 5.92 Å². The lowest BCUT2D eigenvalue weighted by atomic mass is 10.00. The molecule has 6 nitrogen and oxygen atoms in total. The van der Waals surface area contributed by atoms with Crippen LogP contribution in [0.1, 0.15) is 24.6 Å². The summed E-state index contributed by atoms with van der Waals surface area (Å²) in [5.41, 5.74) is -0.518. The second kappa shape index (κ2) is 9.17. The topological polar surface area (TPSA) is 62.7 Å². The number of aromatic nitrogens is 1. The summed E-state index contributed by atoms with van der Waals surface area (Å²) < 4.78 is 58.7. The van der Waals surface area contributed by atoms with Crippen LogP contribution in [0.25, 0.3) is 0 Å². The zero-order valence-electron chi connectivity index (χ0n) is 18.3. The number of carbonyl (C=O) groups is 2. The molecule has 2 heterocycles. The van der Waals surface area contributed by atoms with Gasteiger partial charge < -0.3 is 14.5 Å². The molecule has 1 aromatic carbocycles. The van der Waals surface area contributed by atoms with Gasteiger partial charge in [-0.2, -0.15) is 13.2 Å². The van der Waals surface area contributed by atoms with Crippen molar-refractivity contribution < 1.29 is 31.9 Å². The zero-order chi connectivity index (χ0) is 24.7. The Morgan fingerprint density at radius 1 is 1.24 bits per heavy atom. The van der Waals surface area contributed by atoms with E-state index in [0.29, 0.717) is 0 Å². The highest BCUT2D eigenvalue weighted by atomic mass is 35.5. The fourth-order valence-electron chi connectivity index (χ4n) is 4.05. The van der Waals surface area contributed by atoms with Crippen LogP contribution in [0, 0.1) is 18.7 Å². The molecule has 33 heavy (non-hydrogen) atoms. The van der Waals surface area contributed by atoms with Crippen LogP contribution in [0.2, 0.25) is 5.02 Å². The number of nitrogens with zero attached hydrogens (tertiary/aromatic N) is 3. The Hall–Kier alpha value is -2.88. The molecule has 1 fully saturated rings. The van der Waals surface area contributed by atoms with Gasteiger partial charge in [-0.1, -0.05) is 11.6 Å². The summed E-state index contributed by atoms with van der Waals surface area (Å²) in [6.07, 6.45) is -4.61. The van der Waals surface area contributed by atoms with E-state index in [2.05, 4.69) is 4.98 Å². The van der Waals surface area contributed by atoms with Gasteiger partial charge in [0.2, 0.25) is 5.91 Å². The van der Waals surface area contributed by atoms with Crippen LogP contribution >= 0.6 is 11.6 Å². The minimum Gasteiger partial charge on any atom is -0.469 e. The van der Waals surface area contributed by atoms with Crippen molar-refractivity contribution in [2.75, 3.05) is 24.0 Å². The average Bonchev–Trinajstić information content (AvgIpc) is 3.10. The molecule has 1 aliphatic heterocycles. The van der Waals surface area contributed by atoms with E-state index in [0.717, 1.165) is 18.2 Å². The zero-order valence-corrected chi connectivity index (χ0v) is 19.0. The number of ether oxygens (including phenoxy) is 1. The van der Waals surface area contributed by atoms with Gasteiger partial charge in [-0.25, -0.2) is 9.37 Å². The maximum Gasteiger partial charge on any atom is 0.416 e. The van der Waals surface area contributed by atoms with E-state index in [-0.39, 0.29) is 28.6 Å². The van der Waals surface area contributed by atoms with Crippen LogP contribution in [0.5, 0.6) is 0 Å². The standard InChI is InChI=1S/C22H22ClF4N3O3/c1-11-7-13(22(25,26)27)8-19(28-11)30-12(2)15(21(32)33-4)10-18(30)20(31)29(3)14-5-6-17(24)16(23)9-14/h5-9,12,15,18H,10H2,1-4H3/t12-,15-,18-/m0/s1. The molecule has 0 aliphatic carbocycles. The number of amides is 1. The lowest BCUT2D eigenvalue weighted by Crippen LogP contribution is -2.47. The van der Waals surface area contributed by atoms with Crippen LogP contribution in [-0.4, -0.2) is 43.1 Å². The summed E-state index contributed by atoms with van der Waals surface area (Å²) in [5, 5.41) is -0.189. The highest BCUT2D eigenvalue weighted by Crippen LogP contribution is 2.39. The van der Waals surface area contributed by atoms with Gasteiger partial charge in [-0.15, -0.1) is 0 Å². The van der Waals surface area contributed by atoms with E-state index in [1.165, 1.54) is 43.0 Å². The maximum atomic E-state index is 13.6. The summed E-state index contributed by atoms with van der Waals surface area (Å²) in [4.78, 5) is 32.6. The first kappa shape index (κ1) is 24.8. The number of alkyl halides is 3. The number of hydrogen-bond acceptors (Lipinski definition) is 5. The first-order valence-electron chi connectivity index (χ1n) is 9.99. The predicted molar refractivity (Wildman–Crippen MR) is 115 cm³/mol. The van der Waals surface area contributed by atoms with E-state index < -0.39 is 47.4 Å². The lowest BCUT2D eigenvalue weighted by Gasteiger charge is -2.32. The smallest absolute Gasteiger partial charge is 0.416 e. The third-order valence-electron chi connectivity index (χ3n) is 5.78. The largest absolute Gasteiger partial charge is 0.469 e. The summed E-state index contributed by atoms with van der Waals surface area (Å²) in [7, 11) is 2.64. The highest BCUT2D eigenvalue weighted by molar-refractivity contribution is 6.31. The van der Waals surface area contributed by atoms with Gasteiger partial charge >= 0.3 is 12.1 Å². The molecule has 0 unspecified atom stereocenters. The fourth-order valence-corrected chi connectivity index (χ4v) is 4.23. The Kier molecular flexibility index (Phi) is 6.88. The number of pyridine rings is 1. The van der Waals surface area contributed by atoms with Gasteiger partial charge in [-0.3, -0.25) is 9.59 Å². The molecule has 3 atom stereocenters. The molecule has 0 radical (unpaired) electrons. The van der Waals surface area contributed by atoms with Crippen molar-refractivity contribution in [3.05, 3.63) is 52.4 Å². The second-order valence-electron chi connectivity index (χ2n) is 7.88. The summed E-state index contributed by atoms with van der Waals surface area (Å²) in [6.45, 7) is 3.04. The predicted octanol–water partition coefficient (Wildman–Crippen LogP) is 4.62. The van der Waals surface area contributed by atoms with Crippen molar-refractivity contribution in [3.63, 3.8) is 0 Å². The summed E-state index contributed by atoms with van der Waals surface area (Å²) in [5.74, 6) is -2.62. The summed E-state index contributed by atoms with van der Waals surface area (Å²) in [6, 6.07) is 3.80. The number of hydrogen-bond donors (Lipinski definition) is 0. The summed E-state index contributed by atoms with van der Waals surface area (Å²) >= 11 is 5.83. The molecule has 0 N–H and O–H groups in total. The number of likely N-dealkylation sites (N-methyl/N-ethyl adjacent to an activating group) is 1. The lowest BCUT2D eigenvalue weighted by molar-refractivity contribution is -0.145. The maximum absolute atomic E-state index is 13.6. The molecular weight excluding hydrogens is 466 g/mol. The minimum atomic E-state index is -4.62. The molecule has 0 saturated carbocycles. The Morgan fingerprint density at radius 2 is 1.91 bits per heavy atom. The normalized spacial score (nSPS) is 20.6. The monoisotopic (exact) mass is 487 g/mol. The van der Waals surface area contributed by atoms with E-state index >= 15 is 0 Å². The Morgan fingerprint density at radius 3 is 2.48 bits per heavy atom. The molecule has 1 saturated heterocycles. The second-order valence-corrected chi connectivity index (χ2v) is 8.29. The Bertz CT molecular complexity index is 1080. The molecule has 0 spiro atoms. The Balaban J connectivity index is 2.06. The third kappa shape index (κ3) is 4.90. The number of esters is 1. The first-order chi connectivity index (χ1) is 15.3. The van der Waals surface area contributed by atoms with Gasteiger partial charge in [-0.05, 0) is 50.6 Å². The number of anilines is 2. The van der Waals surface area contributed by atoms with Crippen LogP contribution in [-0.2, 0) is 20.5 Å². The molecule has 178 valence electrons. The van der Waals surface area contributed by atoms with Crippen LogP contribution < -0.4 is 9.80 Å². The van der Waals surface area contributed by atoms with Gasteiger partial charge in [0.1, 0.15) is 17.7 Å². The highest BCUT2D eigenvalue weighted by Gasteiger charge is 2.48. The number of aryl methyl sites for hydroxylation is 1. The Labute approximate surface area is 193 Å². The van der Waals surface area contributed by atoms with Crippen LogP contribution in [0.4, 0.5) is 29.1 Å². The first-order valence-corrected chi connectivity index (χ1v) is 10.4. The van der Waals surface area contributed by atoms with E-state index in [4.69, 9.17) is 16.3 Å². The molecule has 1 amide bonds. The van der Waals surface area contributed by atoms with Crippen molar-refractivity contribution >= 4 is 35.0 Å².